The summed E-state index contributed by atoms with van der Waals surface area (Å²) in [5.74, 6) is -2.66. The molecule has 61 heavy (non-hydrogen) atoms. The number of likely N-dealkylation sites (N-methyl/N-ethyl adjacent to an activating group) is 1. The molecule has 15 nitrogen and oxygen atoms in total. The summed E-state index contributed by atoms with van der Waals surface area (Å²) >= 11 is 0. The number of nitrogens with one attached hydrogen (secondary N) is 5. The average Bonchev–Trinajstić information content (AvgIpc) is 3.66. The van der Waals surface area contributed by atoms with Crippen molar-refractivity contribution >= 4 is 52.3 Å². The van der Waals surface area contributed by atoms with E-state index >= 15 is 0 Å². The lowest BCUT2D eigenvalue weighted by atomic mass is 10.0. The minimum Gasteiger partial charge on any atom is -0.461 e. The number of primary amides is 1. The Morgan fingerprint density at radius 3 is 2.11 bits per heavy atom. The quantitative estimate of drug-likeness (QED) is 0.0266. The molecule has 4 rings (SSSR count). The number of para-hydroxylation sites is 1. The molecule has 0 bridgehead atoms. The van der Waals surface area contributed by atoms with E-state index in [1.165, 1.54) is 11.9 Å². The molecule has 1 heterocycles. The lowest BCUT2D eigenvalue weighted by molar-refractivity contribution is -0.148. The summed E-state index contributed by atoms with van der Waals surface area (Å²) in [5.41, 5.74) is 8.62. The van der Waals surface area contributed by atoms with Gasteiger partial charge in [0.1, 0.15) is 37.2 Å². The number of carbonyl (C=O) groups excluding carboxylic acids is 7. The summed E-state index contributed by atoms with van der Waals surface area (Å²) in [6.07, 6.45) is 8.21. The lowest BCUT2D eigenvalue weighted by Crippen LogP contribution is -2.59. The molecule has 0 aliphatic heterocycles. The second kappa shape index (κ2) is 24.2. The van der Waals surface area contributed by atoms with Gasteiger partial charge in [-0.15, -0.1) is 12.3 Å². The zero-order valence-corrected chi connectivity index (χ0v) is 34.6. The third-order valence-electron chi connectivity index (χ3n) is 10.0. The predicted molar refractivity (Wildman–Crippen MR) is 230 cm³/mol. The van der Waals surface area contributed by atoms with Gasteiger partial charge in [0.05, 0.1) is 6.42 Å². The van der Waals surface area contributed by atoms with Gasteiger partial charge in [0, 0.05) is 50.0 Å². The van der Waals surface area contributed by atoms with Crippen molar-refractivity contribution in [2.75, 3.05) is 13.6 Å². The predicted octanol–water partition coefficient (Wildman–Crippen LogP) is 2.96. The maximum Gasteiger partial charge on any atom is 0.308 e. The number of terminal acetylenes is 1. The van der Waals surface area contributed by atoms with E-state index in [2.05, 4.69) is 32.2 Å². The number of aromatic nitrogens is 1. The van der Waals surface area contributed by atoms with E-state index in [9.17, 15) is 33.6 Å². The van der Waals surface area contributed by atoms with Gasteiger partial charge in [-0.25, -0.2) is 0 Å². The summed E-state index contributed by atoms with van der Waals surface area (Å²) in [4.78, 5) is 98.7. The zero-order valence-electron chi connectivity index (χ0n) is 34.6. The molecule has 1 aromatic heterocycles. The number of aromatic amines is 1. The van der Waals surface area contributed by atoms with Crippen molar-refractivity contribution in [2.24, 2.45) is 5.73 Å². The van der Waals surface area contributed by atoms with Crippen molar-refractivity contribution in [1.29, 1.82) is 0 Å². The maximum atomic E-state index is 14.5. The first-order chi connectivity index (χ1) is 29.4. The molecular weight excluding hydrogens is 779 g/mol. The van der Waals surface area contributed by atoms with Crippen LogP contribution in [-0.2, 0) is 57.7 Å². The molecule has 0 aliphatic rings. The summed E-state index contributed by atoms with van der Waals surface area (Å²) in [6, 6.07) is 20.1. The Labute approximate surface area is 355 Å². The number of hydrogen-bond donors (Lipinski definition) is 6. The Morgan fingerprint density at radius 2 is 1.44 bits per heavy atom. The van der Waals surface area contributed by atoms with Crippen LogP contribution in [0.25, 0.3) is 10.9 Å². The fourth-order valence-corrected chi connectivity index (χ4v) is 6.68. The highest BCUT2D eigenvalue weighted by Crippen LogP contribution is 2.21. The summed E-state index contributed by atoms with van der Waals surface area (Å²) in [6.45, 7) is 2.10. The number of esters is 1. The highest BCUT2D eigenvalue weighted by molar-refractivity contribution is 6.00. The number of benzene rings is 3. The van der Waals surface area contributed by atoms with Gasteiger partial charge in [0.25, 0.3) is 0 Å². The topological polar surface area (TPSA) is 222 Å². The number of H-pyrrole nitrogens is 1. The molecule has 4 aromatic rings. The number of hydrogen-bond acceptors (Lipinski definition) is 8. The summed E-state index contributed by atoms with van der Waals surface area (Å²) in [7, 11) is 1.42. The largest absolute Gasteiger partial charge is 0.461 e. The van der Waals surface area contributed by atoms with Crippen LogP contribution < -0.4 is 27.0 Å². The molecule has 7 N–H and O–H groups in total. The Kier molecular flexibility index (Phi) is 18.5. The monoisotopic (exact) mass is 833 g/mol. The van der Waals surface area contributed by atoms with E-state index < -0.39 is 78.4 Å². The highest BCUT2D eigenvalue weighted by Gasteiger charge is 2.36. The lowest BCUT2D eigenvalue weighted by Gasteiger charge is -2.32. The van der Waals surface area contributed by atoms with Gasteiger partial charge in [0.15, 0.2) is 0 Å². The van der Waals surface area contributed by atoms with Crippen LogP contribution in [-0.4, -0.2) is 89.1 Å². The van der Waals surface area contributed by atoms with E-state index in [0.29, 0.717) is 42.4 Å². The SMILES string of the molecule is C#CCCCNC(=O)CC(=O)N[C@@H](Cc1c[nH]c2ccccc12)C(=O)N(C)[C@@H](CCCC)C(=O)N[C@@H](CC(=O)OCc1ccccc1)C(=O)N[C@@H](Cc1ccccc1)C(N)=O. The van der Waals surface area contributed by atoms with E-state index in [1.807, 2.05) is 37.3 Å². The average molecular weight is 834 g/mol. The smallest absolute Gasteiger partial charge is 0.308 e. The molecule has 6 amide bonds. The van der Waals surface area contributed by atoms with E-state index in [1.54, 1.807) is 60.8 Å². The number of amides is 6. The van der Waals surface area contributed by atoms with Gasteiger partial charge in [-0.05, 0) is 35.6 Å². The normalized spacial score (nSPS) is 12.7. The highest BCUT2D eigenvalue weighted by atomic mass is 16.5. The first-order valence-electron chi connectivity index (χ1n) is 20.3. The number of carbonyl (C=O) groups is 7. The third kappa shape index (κ3) is 15.0. The molecule has 0 saturated heterocycles. The number of ether oxygens (including phenoxy) is 1. The number of rotatable bonds is 24. The Morgan fingerprint density at radius 1 is 0.787 bits per heavy atom. The fraction of sp³-hybridized carbons (Fsp3) is 0.370. The van der Waals surface area contributed by atoms with E-state index in [0.717, 1.165) is 10.9 Å². The Bertz CT molecular complexity index is 2150. The van der Waals surface area contributed by atoms with Crippen molar-refractivity contribution in [3.8, 4) is 12.3 Å². The Hall–Kier alpha value is -6.95. The van der Waals surface area contributed by atoms with Gasteiger partial charge in [0.2, 0.25) is 35.4 Å². The minimum absolute atomic E-state index is 0.0129. The first-order valence-corrected chi connectivity index (χ1v) is 20.3. The maximum absolute atomic E-state index is 14.5. The summed E-state index contributed by atoms with van der Waals surface area (Å²) in [5, 5.41) is 11.4. The third-order valence-corrected chi connectivity index (χ3v) is 10.0. The van der Waals surface area contributed by atoms with Gasteiger partial charge >= 0.3 is 5.97 Å². The van der Waals surface area contributed by atoms with Crippen LogP contribution in [0.1, 0.15) is 68.6 Å². The number of unbranched alkanes of at least 4 members (excludes halogenated alkanes) is 2. The van der Waals surface area contributed by atoms with Gasteiger partial charge in [-0.3, -0.25) is 33.6 Å². The molecule has 3 aromatic carbocycles. The molecule has 0 aliphatic carbocycles. The van der Waals surface area contributed by atoms with E-state index in [-0.39, 0.29) is 32.4 Å². The first kappa shape index (κ1) is 46.7. The van der Waals surface area contributed by atoms with Crippen molar-refractivity contribution in [3.63, 3.8) is 0 Å². The van der Waals surface area contributed by atoms with Crippen molar-refractivity contribution in [3.05, 3.63) is 108 Å². The van der Waals surface area contributed by atoms with Crippen LogP contribution >= 0.6 is 0 Å². The standard InChI is InChI=1S/C46H55N7O8/c1-4-6-16-24-48-40(54)28-41(55)50-38(26-33-29-49-35-22-15-14-21-34(33)35)46(60)53(3)39(23-7-5-2)45(59)52-37(27-42(56)61-30-32-19-12-9-13-20-32)44(58)51-36(43(47)57)25-31-17-10-8-11-18-31/h1,8-15,17-22,29,36-39,49H,5-7,16,23-28,30H2,2-3H3,(H2,47,57)(H,48,54)(H,50,55)(H,51,58)(H,52,59)/t36-,37-,38-,39-/m0/s1. The van der Waals surface area contributed by atoms with Crippen molar-refractivity contribution in [2.45, 2.75) is 95.5 Å². The summed E-state index contributed by atoms with van der Waals surface area (Å²) < 4.78 is 5.45. The van der Waals surface area contributed by atoms with E-state index in [4.69, 9.17) is 16.9 Å². The fourth-order valence-electron chi connectivity index (χ4n) is 6.68. The molecule has 0 spiro atoms. The van der Waals surface area contributed by atoms with Crippen LogP contribution in [0.2, 0.25) is 0 Å². The Balaban J connectivity index is 1.58. The van der Waals surface area contributed by atoms with Gasteiger partial charge in [-0.2, -0.15) is 0 Å². The van der Waals surface area contributed by atoms with Gasteiger partial charge in [-0.1, -0.05) is 98.6 Å². The zero-order chi connectivity index (χ0) is 44.1. The van der Waals surface area contributed by atoms with Crippen LogP contribution in [0, 0.1) is 12.3 Å². The number of nitrogens with two attached hydrogens (primary N) is 1. The van der Waals surface area contributed by atoms with Crippen LogP contribution in [0.5, 0.6) is 0 Å². The van der Waals surface area contributed by atoms with Crippen LogP contribution in [0.3, 0.4) is 0 Å². The number of fused-ring (bicyclic) bond motifs is 1. The second-order valence-corrected chi connectivity index (χ2v) is 14.7. The molecule has 0 fully saturated rings. The van der Waals surface area contributed by atoms with Crippen molar-refractivity contribution in [1.82, 2.24) is 31.2 Å². The molecule has 0 saturated carbocycles. The van der Waals surface area contributed by atoms with Crippen molar-refractivity contribution < 1.29 is 38.3 Å². The van der Waals surface area contributed by atoms with Gasteiger partial charge < -0.3 is 41.6 Å². The minimum atomic E-state index is -1.54. The molecule has 15 heteroatoms. The van der Waals surface area contributed by atoms with Crippen LogP contribution in [0.4, 0.5) is 0 Å². The molecule has 0 radical (unpaired) electrons. The van der Waals surface area contributed by atoms with Crippen LogP contribution in [0.15, 0.2) is 91.1 Å². The molecular formula is C46H55N7O8. The second-order valence-electron chi connectivity index (χ2n) is 14.7. The molecule has 0 unspecified atom stereocenters. The molecule has 322 valence electrons. The molecule has 4 atom stereocenters. The number of nitrogens with zero attached hydrogens (tertiary/aromatic N) is 1.